The summed E-state index contributed by atoms with van der Waals surface area (Å²) < 4.78 is 44.5. The van der Waals surface area contributed by atoms with Crippen molar-refractivity contribution in [2.75, 3.05) is 0 Å². The van der Waals surface area contributed by atoms with Gasteiger partial charge in [-0.1, -0.05) is 15.9 Å². The van der Waals surface area contributed by atoms with Crippen molar-refractivity contribution in [3.63, 3.8) is 0 Å². The highest BCUT2D eigenvalue weighted by molar-refractivity contribution is 9.10. The minimum absolute atomic E-state index is 0.342. The van der Waals surface area contributed by atoms with E-state index in [0.717, 1.165) is 16.6 Å². The number of ether oxygens (including phenoxy) is 1. The van der Waals surface area contributed by atoms with Crippen LogP contribution in [0.2, 0.25) is 0 Å². The molecule has 0 saturated heterocycles. The normalized spacial score (nSPS) is 17.7. The van der Waals surface area contributed by atoms with Crippen LogP contribution < -0.4 is 4.74 Å². The topological polar surface area (TPSA) is 22.1 Å². The maximum absolute atomic E-state index is 12.7. The summed E-state index contributed by atoms with van der Waals surface area (Å²) in [5.74, 6) is 0.491. The van der Waals surface area contributed by atoms with E-state index >= 15 is 0 Å². The predicted octanol–water partition coefficient (Wildman–Crippen LogP) is 4.54. The Bertz CT molecular complexity index is 657. The summed E-state index contributed by atoms with van der Waals surface area (Å²) in [5.41, 5.74) is 0.610. The molecular formula is C14H9BrF3NO. The van der Waals surface area contributed by atoms with Gasteiger partial charge in [0.15, 0.2) is 0 Å². The molecule has 3 rings (SSSR count). The minimum atomic E-state index is -4.33. The van der Waals surface area contributed by atoms with Gasteiger partial charge in [0.25, 0.3) is 0 Å². The van der Waals surface area contributed by atoms with Crippen LogP contribution >= 0.6 is 15.9 Å². The number of fused-ring (bicyclic) bond motifs is 1. The van der Waals surface area contributed by atoms with Crippen LogP contribution in [0.25, 0.3) is 0 Å². The summed E-state index contributed by atoms with van der Waals surface area (Å²) in [6.45, 7) is 0. The molecule has 1 aromatic carbocycles. The van der Waals surface area contributed by atoms with E-state index in [1.165, 1.54) is 6.07 Å². The van der Waals surface area contributed by atoms with E-state index in [0.29, 0.717) is 23.4 Å². The predicted molar refractivity (Wildman–Crippen MR) is 70.5 cm³/mol. The van der Waals surface area contributed by atoms with Crippen molar-refractivity contribution in [1.82, 2.24) is 4.98 Å². The molecule has 1 aromatic heterocycles. The summed E-state index contributed by atoms with van der Waals surface area (Å²) in [4.78, 5) is 4.20. The second-order valence-electron chi connectivity index (χ2n) is 4.53. The highest BCUT2D eigenvalue weighted by atomic mass is 79.9. The molecule has 0 amide bonds. The molecule has 104 valence electrons. The SMILES string of the molecule is FC(F)(F)c1ccc2c(c1)CC(c1cc(Br)ccn1)O2. The van der Waals surface area contributed by atoms with Crippen molar-refractivity contribution in [2.45, 2.75) is 18.7 Å². The zero-order valence-electron chi connectivity index (χ0n) is 10.1. The van der Waals surface area contributed by atoms with Crippen LogP contribution in [0.4, 0.5) is 13.2 Å². The Kier molecular flexibility index (Phi) is 3.20. The first-order chi connectivity index (χ1) is 9.43. The number of halogens is 4. The molecule has 0 bridgehead atoms. The van der Waals surface area contributed by atoms with E-state index in [1.54, 1.807) is 18.3 Å². The largest absolute Gasteiger partial charge is 0.483 e. The number of benzene rings is 1. The lowest BCUT2D eigenvalue weighted by Crippen LogP contribution is -2.05. The van der Waals surface area contributed by atoms with Crippen molar-refractivity contribution in [2.24, 2.45) is 0 Å². The molecule has 0 aliphatic carbocycles. The molecule has 2 nitrogen and oxygen atoms in total. The fraction of sp³-hybridized carbons (Fsp3) is 0.214. The summed E-state index contributed by atoms with van der Waals surface area (Å²) in [7, 11) is 0. The smallest absolute Gasteiger partial charge is 0.416 e. The Morgan fingerprint density at radius 1 is 1.20 bits per heavy atom. The maximum Gasteiger partial charge on any atom is 0.416 e. The Morgan fingerprint density at radius 2 is 2.00 bits per heavy atom. The molecule has 1 unspecified atom stereocenters. The van der Waals surface area contributed by atoms with E-state index in [1.807, 2.05) is 0 Å². The zero-order chi connectivity index (χ0) is 14.3. The molecule has 0 fully saturated rings. The van der Waals surface area contributed by atoms with Gasteiger partial charge in [0.05, 0.1) is 11.3 Å². The van der Waals surface area contributed by atoms with Crippen molar-refractivity contribution in [3.05, 3.63) is 57.8 Å². The number of hydrogen-bond donors (Lipinski definition) is 0. The first-order valence-electron chi connectivity index (χ1n) is 5.92. The van der Waals surface area contributed by atoms with Crippen molar-refractivity contribution >= 4 is 15.9 Å². The van der Waals surface area contributed by atoms with Crippen LogP contribution in [0.15, 0.2) is 41.0 Å². The average molecular weight is 344 g/mol. The lowest BCUT2D eigenvalue weighted by Gasteiger charge is -2.10. The third-order valence-electron chi connectivity index (χ3n) is 3.14. The maximum atomic E-state index is 12.7. The molecule has 0 saturated carbocycles. The molecule has 1 aliphatic heterocycles. The van der Waals surface area contributed by atoms with Gasteiger partial charge in [0.1, 0.15) is 11.9 Å². The number of aromatic nitrogens is 1. The molecule has 0 spiro atoms. The van der Waals surface area contributed by atoms with Gasteiger partial charge in [-0.2, -0.15) is 13.2 Å². The van der Waals surface area contributed by atoms with Gasteiger partial charge in [-0.05, 0) is 35.9 Å². The van der Waals surface area contributed by atoms with Crippen molar-refractivity contribution < 1.29 is 17.9 Å². The van der Waals surface area contributed by atoms with Crippen LogP contribution in [0.3, 0.4) is 0 Å². The molecule has 2 heterocycles. The first kappa shape index (κ1) is 13.4. The van der Waals surface area contributed by atoms with Gasteiger partial charge in [-0.3, -0.25) is 4.98 Å². The lowest BCUT2D eigenvalue weighted by molar-refractivity contribution is -0.137. The van der Waals surface area contributed by atoms with Gasteiger partial charge in [0.2, 0.25) is 0 Å². The number of hydrogen-bond acceptors (Lipinski definition) is 2. The minimum Gasteiger partial charge on any atom is -0.483 e. The standard InChI is InChI=1S/C14H9BrF3NO/c15-10-3-4-19-11(7-10)13-6-8-5-9(14(16,17)18)1-2-12(8)20-13/h1-5,7,13H,6H2. The summed E-state index contributed by atoms with van der Waals surface area (Å²) in [6, 6.07) is 7.15. The molecule has 20 heavy (non-hydrogen) atoms. The second kappa shape index (κ2) is 4.77. The van der Waals surface area contributed by atoms with Gasteiger partial charge in [-0.25, -0.2) is 0 Å². The van der Waals surface area contributed by atoms with Crippen LogP contribution in [-0.4, -0.2) is 4.98 Å². The second-order valence-corrected chi connectivity index (χ2v) is 5.45. The van der Waals surface area contributed by atoms with Crippen LogP contribution in [0.1, 0.15) is 22.9 Å². The van der Waals surface area contributed by atoms with Gasteiger partial charge < -0.3 is 4.74 Å². The van der Waals surface area contributed by atoms with Crippen molar-refractivity contribution in [1.29, 1.82) is 0 Å². The summed E-state index contributed by atoms with van der Waals surface area (Å²) in [5, 5.41) is 0. The summed E-state index contributed by atoms with van der Waals surface area (Å²) >= 11 is 3.34. The molecule has 0 radical (unpaired) electrons. The molecule has 6 heteroatoms. The van der Waals surface area contributed by atoms with E-state index in [2.05, 4.69) is 20.9 Å². The first-order valence-corrected chi connectivity index (χ1v) is 6.71. The quantitative estimate of drug-likeness (QED) is 0.758. The lowest BCUT2D eigenvalue weighted by atomic mass is 10.0. The van der Waals surface area contributed by atoms with Crippen LogP contribution in [0.5, 0.6) is 5.75 Å². The van der Waals surface area contributed by atoms with E-state index < -0.39 is 11.7 Å². The molecule has 2 aromatic rings. The average Bonchev–Trinajstić information content (AvgIpc) is 2.80. The molecule has 1 aliphatic rings. The Hall–Kier alpha value is -1.56. The van der Waals surface area contributed by atoms with Gasteiger partial charge in [0, 0.05) is 17.1 Å². The Balaban J connectivity index is 1.89. The highest BCUT2D eigenvalue weighted by Gasteiger charge is 2.33. The van der Waals surface area contributed by atoms with Crippen LogP contribution in [0, 0.1) is 0 Å². The third-order valence-corrected chi connectivity index (χ3v) is 3.63. The Labute approximate surface area is 121 Å². The zero-order valence-corrected chi connectivity index (χ0v) is 11.7. The highest BCUT2D eigenvalue weighted by Crippen LogP contribution is 2.40. The number of nitrogens with zero attached hydrogens (tertiary/aromatic N) is 1. The monoisotopic (exact) mass is 343 g/mol. The van der Waals surface area contributed by atoms with E-state index in [9.17, 15) is 13.2 Å². The van der Waals surface area contributed by atoms with Gasteiger partial charge in [-0.15, -0.1) is 0 Å². The molecule has 1 atom stereocenters. The summed E-state index contributed by atoms with van der Waals surface area (Å²) in [6.07, 6.45) is -2.65. The number of rotatable bonds is 1. The van der Waals surface area contributed by atoms with E-state index in [4.69, 9.17) is 4.74 Å². The van der Waals surface area contributed by atoms with Crippen molar-refractivity contribution in [3.8, 4) is 5.75 Å². The fourth-order valence-corrected chi connectivity index (χ4v) is 2.54. The van der Waals surface area contributed by atoms with E-state index in [-0.39, 0.29) is 6.10 Å². The fourth-order valence-electron chi connectivity index (χ4n) is 2.19. The number of pyridine rings is 1. The Morgan fingerprint density at radius 3 is 2.70 bits per heavy atom. The van der Waals surface area contributed by atoms with Gasteiger partial charge >= 0.3 is 6.18 Å². The van der Waals surface area contributed by atoms with Crippen LogP contribution in [-0.2, 0) is 12.6 Å². The molecule has 0 N–H and O–H groups in total. The number of alkyl halides is 3. The third kappa shape index (κ3) is 2.52. The molecular weight excluding hydrogens is 335 g/mol.